The molecule has 0 radical (unpaired) electrons. The minimum absolute atomic E-state index is 0.461. The van der Waals surface area contributed by atoms with E-state index in [-0.39, 0.29) is 0 Å². The standard InChI is InChI=1S/C15H15Cl2NO/c16-14-4-1-5-15(17)13(14)9-12(19)7-6-11-3-2-8-18-10-11/h1-5,8,10,12,19H,6-7,9H2. The summed E-state index contributed by atoms with van der Waals surface area (Å²) in [7, 11) is 0. The molecule has 1 heterocycles. The lowest BCUT2D eigenvalue weighted by atomic mass is 10.0. The number of pyridine rings is 1. The van der Waals surface area contributed by atoms with Crippen LogP contribution in [0.25, 0.3) is 0 Å². The molecule has 0 fully saturated rings. The fourth-order valence-electron chi connectivity index (χ4n) is 1.94. The predicted molar refractivity (Wildman–Crippen MR) is 78.7 cm³/mol. The van der Waals surface area contributed by atoms with Crippen molar-refractivity contribution in [3.05, 3.63) is 63.9 Å². The van der Waals surface area contributed by atoms with Crippen molar-refractivity contribution in [3.63, 3.8) is 0 Å². The molecule has 0 aliphatic carbocycles. The minimum Gasteiger partial charge on any atom is -0.393 e. The Labute approximate surface area is 123 Å². The van der Waals surface area contributed by atoms with Crippen molar-refractivity contribution in [3.8, 4) is 0 Å². The third-order valence-electron chi connectivity index (χ3n) is 2.99. The maximum atomic E-state index is 10.1. The zero-order valence-corrected chi connectivity index (χ0v) is 11.9. The summed E-state index contributed by atoms with van der Waals surface area (Å²) < 4.78 is 0. The fraction of sp³-hybridized carbons (Fsp3) is 0.267. The van der Waals surface area contributed by atoms with Crippen molar-refractivity contribution in [2.24, 2.45) is 0 Å². The van der Waals surface area contributed by atoms with E-state index in [9.17, 15) is 5.11 Å². The number of hydrogen-bond acceptors (Lipinski definition) is 2. The van der Waals surface area contributed by atoms with Crippen LogP contribution in [0.1, 0.15) is 17.5 Å². The van der Waals surface area contributed by atoms with Gasteiger partial charge in [-0.1, -0.05) is 35.3 Å². The molecule has 1 aromatic carbocycles. The van der Waals surface area contributed by atoms with Crippen molar-refractivity contribution in [1.29, 1.82) is 0 Å². The molecule has 2 nitrogen and oxygen atoms in total. The van der Waals surface area contributed by atoms with E-state index in [0.717, 1.165) is 17.5 Å². The smallest absolute Gasteiger partial charge is 0.0584 e. The number of benzene rings is 1. The molecular weight excluding hydrogens is 281 g/mol. The summed E-state index contributed by atoms with van der Waals surface area (Å²) in [5.41, 5.74) is 1.93. The van der Waals surface area contributed by atoms with Crippen molar-refractivity contribution in [1.82, 2.24) is 4.98 Å². The van der Waals surface area contributed by atoms with Crippen LogP contribution >= 0.6 is 23.2 Å². The topological polar surface area (TPSA) is 33.1 Å². The van der Waals surface area contributed by atoms with Crippen molar-refractivity contribution in [2.45, 2.75) is 25.4 Å². The Morgan fingerprint density at radius 1 is 1.11 bits per heavy atom. The van der Waals surface area contributed by atoms with Crippen LogP contribution in [0.2, 0.25) is 10.0 Å². The van der Waals surface area contributed by atoms with Crippen LogP contribution in [0, 0.1) is 0 Å². The van der Waals surface area contributed by atoms with Crippen LogP contribution in [0.15, 0.2) is 42.7 Å². The first kappa shape index (κ1) is 14.3. The van der Waals surface area contributed by atoms with E-state index < -0.39 is 6.10 Å². The Kier molecular flexibility index (Phi) is 5.20. The highest BCUT2D eigenvalue weighted by molar-refractivity contribution is 6.35. The lowest BCUT2D eigenvalue weighted by Gasteiger charge is -2.13. The second kappa shape index (κ2) is 6.90. The summed E-state index contributed by atoms with van der Waals surface area (Å²) in [6.45, 7) is 0. The molecule has 2 aromatic rings. The molecule has 0 aliphatic heterocycles. The quantitative estimate of drug-likeness (QED) is 0.907. The average molecular weight is 296 g/mol. The molecule has 1 aromatic heterocycles. The van der Waals surface area contributed by atoms with Gasteiger partial charge in [0, 0.05) is 28.9 Å². The molecule has 1 N–H and O–H groups in total. The van der Waals surface area contributed by atoms with Crippen molar-refractivity contribution in [2.75, 3.05) is 0 Å². The lowest BCUT2D eigenvalue weighted by Crippen LogP contribution is -2.12. The molecule has 0 saturated carbocycles. The minimum atomic E-state index is -0.461. The van der Waals surface area contributed by atoms with E-state index in [1.807, 2.05) is 18.3 Å². The number of nitrogens with zero attached hydrogens (tertiary/aromatic N) is 1. The van der Waals surface area contributed by atoms with Gasteiger partial charge in [-0.05, 0) is 42.2 Å². The van der Waals surface area contributed by atoms with E-state index in [4.69, 9.17) is 23.2 Å². The Bertz CT molecular complexity index is 511. The van der Waals surface area contributed by atoms with Gasteiger partial charge in [0.05, 0.1) is 6.10 Å². The van der Waals surface area contributed by atoms with Crippen molar-refractivity contribution < 1.29 is 5.11 Å². The summed E-state index contributed by atoms with van der Waals surface area (Å²) in [5.74, 6) is 0. The summed E-state index contributed by atoms with van der Waals surface area (Å²) in [6.07, 6.45) is 5.01. The van der Waals surface area contributed by atoms with Crippen LogP contribution in [-0.2, 0) is 12.8 Å². The summed E-state index contributed by atoms with van der Waals surface area (Å²) in [4.78, 5) is 4.05. The number of aryl methyl sites for hydroxylation is 1. The largest absolute Gasteiger partial charge is 0.393 e. The summed E-state index contributed by atoms with van der Waals surface area (Å²) in [6, 6.07) is 9.28. The third kappa shape index (κ3) is 4.20. The van der Waals surface area contributed by atoms with Crippen LogP contribution in [0.3, 0.4) is 0 Å². The third-order valence-corrected chi connectivity index (χ3v) is 3.70. The zero-order valence-electron chi connectivity index (χ0n) is 10.4. The van der Waals surface area contributed by atoms with Crippen LogP contribution in [0.5, 0.6) is 0 Å². The van der Waals surface area contributed by atoms with E-state index >= 15 is 0 Å². The average Bonchev–Trinajstić information content (AvgIpc) is 2.42. The molecule has 0 spiro atoms. The number of rotatable bonds is 5. The van der Waals surface area contributed by atoms with Crippen LogP contribution in [0.4, 0.5) is 0 Å². The molecule has 0 bridgehead atoms. The lowest BCUT2D eigenvalue weighted by molar-refractivity contribution is 0.165. The first-order valence-corrected chi connectivity index (χ1v) is 6.92. The van der Waals surface area contributed by atoms with Gasteiger partial charge in [0.25, 0.3) is 0 Å². The Balaban J connectivity index is 1.93. The summed E-state index contributed by atoms with van der Waals surface area (Å²) >= 11 is 12.2. The predicted octanol–water partition coefficient (Wildman–Crippen LogP) is 3.92. The molecule has 19 heavy (non-hydrogen) atoms. The second-order valence-electron chi connectivity index (χ2n) is 4.46. The molecule has 0 saturated heterocycles. The maximum absolute atomic E-state index is 10.1. The van der Waals surface area contributed by atoms with Crippen LogP contribution < -0.4 is 0 Å². The number of hydrogen-bond donors (Lipinski definition) is 1. The number of aromatic nitrogens is 1. The highest BCUT2D eigenvalue weighted by atomic mass is 35.5. The molecule has 0 aliphatic rings. The Morgan fingerprint density at radius 3 is 2.47 bits per heavy atom. The first-order valence-electron chi connectivity index (χ1n) is 6.16. The monoisotopic (exact) mass is 295 g/mol. The molecule has 4 heteroatoms. The molecular formula is C15H15Cl2NO. The summed E-state index contributed by atoms with van der Waals surface area (Å²) in [5, 5.41) is 11.3. The molecule has 1 unspecified atom stereocenters. The van der Waals surface area contributed by atoms with E-state index in [1.165, 1.54) is 0 Å². The maximum Gasteiger partial charge on any atom is 0.0584 e. The van der Waals surface area contributed by atoms with Gasteiger partial charge in [0.1, 0.15) is 0 Å². The van der Waals surface area contributed by atoms with Gasteiger partial charge in [-0.3, -0.25) is 4.98 Å². The van der Waals surface area contributed by atoms with Gasteiger partial charge in [0.2, 0.25) is 0 Å². The number of halogens is 2. The van der Waals surface area contributed by atoms with E-state index in [1.54, 1.807) is 24.4 Å². The Morgan fingerprint density at radius 2 is 1.84 bits per heavy atom. The fourth-order valence-corrected chi connectivity index (χ4v) is 2.50. The Hall–Kier alpha value is -1.09. The molecule has 2 rings (SSSR count). The van der Waals surface area contributed by atoms with Gasteiger partial charge < -0.3 is 5.11 Å². The highest BCUT2D eigenvalue weighted by Gasteiger charge is 2.11. The molecule has 1 atom stereocenters. The first-order chi connectivity index (χ1) is 9.16. The van der Waals surface area contributed by atoms with Crippen LogP contribution in [-0.4, -0.2) is 16.2 Å². The molecule has 100 valence electrons. The van der Waals surface area contributed by atoms with Gasteiger partial charge in [-0.15, -0.1) is 0 Å². The number of aliphatic hydroxyl groups excluding tert-OH is 1. The van der Waals surface area contributed by atoms with Gasteiger partial charge in [0.15, 0.2) is 0 Å². The van der Waals surface area contributed by atoms with E-state index in [2.05, 4.69) is 4.98 Å². The number of aliphatic hydroxyl groups is 1. The normalized spacial score (nSPS) is 12.4. The second-order valence-corrected chi connectivity index (χ2v) is 5.27. The molecule has 0 amide bonds. The van der Waals surface area contributed by atoms with Gasteiger partial charge in [-0.25, -0.2) is 0 Å². The highest BCUT2D eigenvalue weighted by Crippen LogP contribution is 2.26. The van der Waals surface area contributed by atoms with Gasteiger partial charge in [-0.2, -0.15) is 0 Å². The zero-order chi connectivity index (χ0) is 13.7. The van der Waals surface area contributed by atoms with E-state index in [0.29, 0.717) is 22.9 Å². The SMILES string of the molecule is OC(CCc1cccnc1)Cc1c(Cl)cccc1Cl. The van der Waals surface area contributed by atoms with Crippen molar-refractivity contribution >= 4 is 23.2 Å². The van der Waals surface area contributed by atoms with Gasteiger partial charge >= 0.3 is 0 Å².